The summed E-state index contributed by atoms with van der Waals surface area (Å²) < 4.78 is 27.5. The van der Waals surface area contributed by atoms with Gasteiger partial charge < -0.3 is 10.2 Å². The van der Waals surface area contributed by atoms with Crippen molar-refractivity contribution in [3.63, 3.8) is 0 Å². The Morgan fingerprint density at radius 2 is 1.65 bits per heavy atom. The molecule has 106 valence electrons. The Kier molecular flexibility index (Phi) is 4.26. The lowest BCUT2D eigenvalue weighted by molar-refractivity contribution is 0.0688. The molecule has 0 saturated heterocycles. The molecule has 0 heterocycles. The van der Waals surface area contributed by atoms with Crippen molar-refractivity contribution >= 4 is 17.6 Å². The van der Waals surface area contributed by atoms with Crippen molar-refractivity contribution < 1.29 is 28.6 Å². The van der Waals surface area contributed by atoms with E-state index in [1.165, 1.54) is 13.8 Å². The van der Waals surface area contributed by atoms with Crippen LogP contribution in [0.1, 0.15) is 46.0 Å². The van der Waals surface area contributed by atoms with Gasteiger partial charge in [-0.15, -0.1) is 0 Å². The Balaban J connectivity index is 4.08. The number of carboxylic acid groups (broad SMARTS) is 2. The Morgan fingerprint density at radius 1 is 1.15 bits per heavy atom. The quantitative estimate of drug-likeness (QED) is 0.499. The molecule has 20 heavy (non-hydrogen) atoms. The first-order valence-electron chi connectivity index (χ1n) is 5.30. The molecule has 0 atom stereocenters. The molecular formula is C11H9F2N3O4. The second kappa shape index (κ2) is 5.54. The van der Waals surface area contributed by atoms with Gasteiger partial charge in [0, 0.05) is 4.91 Å². The lowest BCUT2D eigenvalue weighted by Crippen LogP contribution is -2.16. The number of rotatable bonds is 4. The molecule has 0 fully saturated rings. The van der Waals surface area contributed by atoms with Crippen molar-refractivity contribution in [2.75, 3.05) is 0 Å². The Labute approximate surface area is 111 Å². The van der Waals surface area contributed by atoms with E-state index < -0.39 is 51.9 Å². The summed E-state index contributed by atoms with van der Waals surface area (Å²) in [5.41, 5.74) is 4.88. The van der Waals surface area contributed by atoms with Crippen molar-refractivity contribution in [1.29, 1.82) is 0 Å². The van der Waals surface area contributed by atoms with Gasteiger partial charge in [0.2, 0.25) is 0 Å². The smallest absolute Gasteiger partial charge is 0.339 e. The predicted octanol–water partition coefficient (Wildman–Crippen LogP) is 3.43. The van der Waals surface area contributed by atoms with Crippen LogP contribution in [0.5, 0.6) is 0 Å². The molecule has 0 aromatic heterocycles. The third-order valence-corrected chi connectivity index (χ3v) is 2.55. The van der Waals surface area contributed by atoms with Crippen molar-refractivity contribution in [1.82, 2.24) is 0 Å². The van der Waals surface area contributed by atoms with Crippen LogP contribution in [0.25, 0.3) is 10.4 Å². The lowest BCUT2D eigenvalue weighted by Gasteiger charge is -2.17. The van der Waals surface area contributed by atoms with Gasteiger partial charge in [-0.05, 0) is 17.0 Å². The summed E-state index contributed by atoms with van der Waals surface area (Å²) in [6.45, 7) is 2.82. The van der Waals surface area contributed by atoms with Gasteiger partial charge in [0.05, 0.1) is 11.3 Å². The first-order chi connectivity index (χ1) is 9.23. The molecule has 1 rings (SSSR count). The molecule has 0 aliphatic heterocycles. The zero-order valence-electron chi connectivity index (χ0n) is 10.4. The van der Waals surface area contributed by atoms with E-state index in [-0.39, 0.29) is 0 Å². The summed E-state index contributed by atoms with van der Waals surface area (Å²) in [4.78, 5) is 24.5. The molecule has 7 nitrogen and oxygen atoms in total. The maximum absolute atomic E-state index is 13.8. The second-order valence-electron chi connectivity index (χ2n) is 4.09. The SMILES string of the molecule is CC(C)c1c(C(=O)O)c(F)c(F)c(N=[N+]=[N-])c1C(=O)O. The van der Waals surface area contributed by atoms with E-state index in [9.17, 15) is 18.4 Å². The number of hydrogen-bond acceptors (Lipinski definition) is 3. The summed E-state index contributed by atoms with van der Waals surface area (Å²) in [5, 5.41) is 20.8. The molecular weight excluding hydrogens is 276 g/mol. The van der Waals surface area contributed by atoms with Gasteiger partial charge in [-0.2, -0.15) is 0 Å². The summed E-state index contributed by atoms with van der Waals surface area (Å²) >= 11 is 0. The van der Waals surface area contributed by atoms with Crippen molar-refractivity contribution in [2.45, 2.75) is 19.8 Å². The van der Waals surface area contributed by atoms with Crippen LogP contribution in [0, 0.1) is 11.6 Å². The molecule has 2 N–H and O–H groups in total. The number of hydrogen-bond donors (Lipinski definition) is 2. The minimum Gasteiger partial charge on any atom is -0.478 e. The van der Waals surface area contributed by atoms with Crippen molar-refractivity contribution in [2.24, 2.45) is 5.11 Å². The highest BCUT2D eigenvalue weighted by atomic mass is 19.2. The van der Waals surface area contributed by atoms with Crippen LogP contribution < -0.4 is 0 Å². The standard InChI is InChI=1S/C11H9F2N3O4/c1-3(2)4-5(10(17)18)7(12)8(13)9(15-16-14)6(4)11(19)20/h3H,1-2H3,(H,17,18)(H,19,20). The van der Waals surface area contributed by atoms with E-state index in [2.05, 4.69) is 10.0 Å². The molecule has 0 unspecified atom stereocenters. The molecule has 0 radical (unpaired) electrons. The van der Waals surface area contributed by atoms with E-state index in [1.54, 1.807) is 0 Å². The van der Waals surface area contributed by atoms with E-state index in [0.717, 1.165) is 0 Å². The van der Waals surface area contributed by atoms with E-state index >= 15 is 0 Å². The minimum atomic E-state index is -1.81. The van der Waals surface area contributed by atoms with Gasteiger partial charge in [-0.3, -0.25) is 0 Å². The normalized spacial score (nSPS) is 10.2. The topological polar surface area (TPSA) is 123 Å². The second-order valence-corrected chi connectivity index (χ2v) is 4.09. The van der Waals surface area contributed by atoms with Crippen LogP contribution in [0.4, 0.5) is 14.5 Å². The lowest BCUT2D eigenvalue weighted by atomic mass is 9.90. The summed E-state index contributed by atoms with van der Waals surface area (Å²) in [7, 11) is 0. The maximum Gasteiger partial charge on any atom is 0.339 e. The summed E-state index contributed by atoms with van der Waals surface area (Å²) in [5.74, 6) is -7.82. The maximum atomic E-state index is 13.8. The molecule has 0 amide bonds. The molecule has 0 aliphatic carbocycles. The van der Waals surface area contributed by atoms with Crippen molar-refractivity contribution in [3.05, 3.63) is 38.8 Å². The van der Waals surface area contributed by atoms with Gasteiger partial charge in [-0.25, -0.2) is 18.4 Å². The predicted molar refractivity (Wildman–Crippen MR) is 63.2 cm³/mol. The Hall–Kier alpha value is -2.67. The highest BCUT2D eigenvalue weighted by Crippen LogP contribution is 2.36. The van der Waals surface area contributed by atoms with Gasteiger partial charge in [-0.1, -0.05) is 19.0 Å². The van der Waals surface area contributed by atoms with Gasteiger partial charge in [0.1, 0.15) is 5.56 Å². The highest BCUT2D eigenvalue weighted by molar-refractivity contribution is 6.01. The molecule has 9 heteroatoms. The fraction of sp³-hybridized carbons (Fsp3) is 0.273. The number of benzene rings is 1. The van der Waals surface area contributed by atoms with Gasteiger partial charge in [0.25, 0.3) is 0 Å². The molecule has 0 bridgehead atoms. The van der Waals surface area contributed by atoms with E-state index in [4.69, 9.17) is 15.7 Å². The minimum absolute atomic E-state index is 0.439. The van der Waals surface area contributed by atoms with Gasteiger partial charge in [0.15, 0.2) is 11.6 Å². The number of halogens is 2. The Bertz CT molecular complexity index is 652. The number of nitrogens with zero attached hydrogens (tertiary/aromatic N) is 3. The van der Waals surface area contributed by atoms with Crippen LogP contribution >= 0.6 is 0 Å². The number of carboxylic acids is 2. The third-order valence-electron chi connectivity index (χ3n) is 2.55. The number of aromatic carboxylic acids is 2. The summed E-state index contributed by atoms with van der Waals surface area (Å²) in [6.07, 6.45) is 0. The number of azide groups is 1. The van der Waals surface area contributed by atoms with Crippen LogP contribution in [0.15, 0.2) is 5.11 Å². The van der Waals surface area contributed by atoms with E-state index in [0.29, 0.717) is 0 Å². The Morgan fingerprint density at radius 3 is 2.00 bits per heavy atom. The number of carbonyl (C=O) groups is 2. The fourth-order valence-corrected chi connectivity index (χ4v) is 1.84. The fourth-order valence-electron chi connectivity index (χ4n) is 1.84. The average molecular weight is 285 g/mol. The van der Waals surface area contributed by atoms with Crippen molar-refractivity contribution in [3.8, 4) is 0 Å². The van der Waals surface area contributed by atoms with Crippen LogP contribution in [-0.2, 0) is 0 Å². The molecule has 1 aromatic carbocycles. The summed E-state index contributed by atoms with van der Waals surface area (Å²) in [6, 6.07) is 0. The largest absolute Gasteiger partial charge is 0.478 e. The monoisotopic (exact) mass is 285 g/mol. The molecule has 0 aliphatic rings. The average Bonchev–Trinajstić information content (AvgIpc) is 2.33. The van der Waals surface area contributed by atoms with Crippen LogP contribution in [0.3, 0.4) is 0 Å². The van der Waals surface area contributed by atoms with Gasteiger partial charge >= 0.3 is 11.9 Å². The molecule has 1 aromatic rings. The van der Waals surface area contributed by atoms with E-state index in [1.807, 2.05) is 0 Å². The van der Waals surface area contributed by atoms with Crippen LogP contribution in [0.2, 0.25) is 0 Å². The first kappa shape index (κ1) is 15.4. The van der Waals surface area contributed by atoms with Crippen LogP contribution in [-0.4, -0.2) is 22.2 Å². The zero-order valence-corrected chi connectivity index (χ0v) is 10.4. The zero-order chi connectivity index (χ0) is 15.6. The third kappa shape index (κ3) is 2.39. The molecule has 0 saturated carbocycles. The first-order valence-corrected chi connectivity index (χ1v) is 5.30. The molecule has 0 spiro atoms. The highest BCUT2D eigenvalue weighted by Gasteiger charge is 2.31.